The molecule has 0 saturated carbocycles. The molecule has 0 bridgehead atoms. The second-order valence-corrected chi connectivity index (χ2v) is 3.57. The highest BCUT2D eigenvalue weighted by atomic mass is 19.1. The largest absolute Gasteiger partial charge is 0.478 e. The van der Waals surface area contributed by atoms with Crippen LogP contribution in [-0.2, 0) is 0 Å². The summed E-state index contributed by atoms with van der Waals surface area (Å²) in [5.41, 5.74) is -0.528. The average Bonchev–Trinajstić information content (AvgIpc) is 2.77. The number of hydrogen-bond donors (Lipinski definition) is 2. The van der Waals surface area contributed by atoms with Crippen molar-refractivity contribution in [1.82, 2.24) is 0 Å². The number of halogens is 2. The summed E-state index contributed by atoms with van der Waals surface area (Å²) in [6, 6.07) is 3.73. The van der Waals surface area contributed by atoms with Crippen LogP contribution >= 0.6 is 0 Å². The van der Waals surface area contributed by atoms with E-state index < -0.39 is 23.7 Å². The summed E-state index contributed by atoms with van der Waals surface area (Å²) in [6.07, 6.45) is -0.532. The van der Waals surface area contributed by atoms with Crippen molar-refractivity contribution in [2.75, 3.05) is 0 Å². The number of carbonyl (C=O) groups is 1. The minimum Gasteiger partial charge on any atom is -0.478 e. The number of hydrogen-bond acceptors (Lipinski definition) is 3. The lowest BCUT2D eigenvalue weighted by atomic mass is 10.0. The predicted molar refractivity (Wildman–Crippen MR) is 56.1 cm³/mol. The normalized spacial score (nSPS) is 12.4. The topological polar surface area (TPSA) is 70.7 Å². The van der Waals surface area contributed by atoms with Crippen molar-refractivity contribution in [3.05, 3.63) is 59.1 Å². The van der Waals surface area contributed by atoms with Gasteiger partial charge < -0.3 is 14.6 Å². The zero-order chi connectivity index (χ0) is 13.3. The number of benzene rings is 1. The van der Waals surface area contributed by atoms with Crippen LogP contribution in [0.5, 0.6) is 0 Å². The fraction of sp³-hybridized carbons (Fsp3) is 0.0833. The summed E-state index contributed by atoms with van der Waals surface area (Å²) in [7, 11) is 0. The number of aromatic carboxylic acids is 1. The molecular formula is C12H8F2O4. The van der Waals surface area contributed by atoms with Crippen molar-refractivity contribution < 1.29 is 28.2 Å². The van der Waals surface area contributed by atoms with E-state index in [-0.39, 0.29) is 16.9 Å². The Labute approximate surface area is 100 Å². The summed E-state index contributed by atoms with van der Waals surface area (Å²) >= 11 is 0. The Balaban J connectivity index is 2.44. The van der Waals surface area contributed by atoms with E-state index in [0.717, 1.165) is 24.5 Å². The summed E-state index contributed by atoms with van der Waals surface area (Å²) in [4.78, 5) is 10.8. The molecular weight excluding hydrogens is 246 g/mol. The van der Waals surface area contributed by atoms with Gasteiger partial charge >= 0.3 is 5.97 Å². The Kier molecular flexibility index (Phi) is 3.12. The van der Waals surface area contributed by atoms with Gasteiger partial charge in [-0.15, -0.1) is 0 Å². The fourth-order valence-corrected chi connectivity index (χ4v) is 1.57. The first-order valence-electron chi connectivity index (χ1n) is 4.94. The molecule has 0 radical (unpaired) electrons. The third-order valence-electron chi connectivity index (χ3n) is 2.43. The van der Waals surface area contributed by atoms with E-state index in [2.05, 4.69) is 0 Å². The third kappa shape index (κ3) is 2.10. The molecule has 0 amide bonds. The highest BCUT2D eigenvalue weighted by molar-refractivity contribution is 5.88. The van der Waals surface area contributed by atoms with Gasteiger partial charge in [0.05, 0.1) is 6.26 Å². The van der Waals surface area contributed by atoms with Crippen LogP contribution < -0.4 is 0 Å². The van der Waals surface area contributed by atoms with Gasteiger partial charge in [-0.3, -0.25) is 0 Å². The molecule has 2 aromatic rings. The molecule has 0 saturated heterocycles. The first kappa shape index (κ1) is 12.3. The Hall–Kier alpha value is -2.21. The van der Waals surface area contributed by atoms with Crippen molar-refractivity contribution in [3.8, 4) is 0 Å². The minimum absolute atomic E-state index is 0.256. The van der Waals surface area contributed by atoms with Crippen LogP contribution in [0.3, 0.4) is 0 Å². The van der Waals surface area contributed by atoms with Crippen LogP contribution in [0.1, 0.15) is 27.8 Å². The van der Waals surface area contributed by atoms with Gasteiger partial charge in [0.1, 0.15) is 23.3 Å². The van der Waals surface area contributed by atoms with Crippen molar-refractivity contribution in [3.63, 3.8) is 0 Å². The number of aliphatic hydroxyl groups is 1. The molecule has 1 atom stereocenters. The molecule has 0 aliphatic carbocycles. The standard InChI is InChI=1S/C12H8F2O4/c13-6-1-2-7(9(14)5-6)10(15)11-8(12(16)17)3-4-18-11/h1-5,10,15H,(H,16,17). The van der Waals surface area contributed by atoms with Crippen molar-refractivity contribution in [2.45, 2.75) is 6.10 Å². The predicted octanol–water partition coefficient (Wildman–Crippen LogP) is 2.34. The smallest absolute Gasteiger partial charge is 0.339 e. The average molecular weight is 254 g/mol. The van der Waals surface area contributed by atoms with Crippen molar-refractivity contribution in [2.24, 2.45) is 0 Å². The Bertz CT molecular complexity index is 592. The van der Waals surface area contributed by atoms with Gasteiger partial charge in [0.25, 0.3) is 0 Å². The van der Waals surface area contributed by atoms with Crippen molar-refractivity contribution >= 4 is 5.97 Å². The molecule has 0 aliphatic heterocycles. The van der Waals surface area contributed by atoms with Gasteiger partial charge in [-0.1, -0.05) is 6.07 Å². The highest BCUT2D eigenvalue weighted by Gasteiger charge is 2.24. The monoisotopic (exact) mass is 254 g/mol. The molecule has 18 heavy (non-hydrogen) atoms. The third-order valence-corrected chi connectivity index (χ3v) is 2.43. The number of rotatable bonds is 3. The Morgan fingerprint density at radius 2 is 2.00 bits per heavy atom. The molecule has 2 N–H and O–H groups in total. The van der Waals surface area contributed by atoms with E-state index in [4.69, 9.17) is 9.52 Å². The van der Waals surface area contributed by atoms with Gasteiger partial charge in [-0.25, -0.2) is 13.6 Å². The first-order chi connectivity index (χ1) is 8.50. The van der Waals surface area contributed by atoms with Crippen LogP contribution in [0.4, 0.5) is 8.78 Å². The Morgan fingerprint density at radius 3 is 2.61 bits per heavy atom. The Morgan fingerprint density at radius 1 is 1.28 bits per heavy atom. The first-order valence-corrected chi connectivity index (χ1v) is 4.94. The molecule has 1 unspecified atom stereocenters. The van der Waals surface area contributed by atoms with E-state index in [1.807, 2.05) is 0 Å². The van der Waals surface area contributed by atoms with E-state index >= 15 is 0 Å². The molecule has 0 aliphatic rings. The lowest BCUT2D eigenvalue weighted by molar-refractivity contribution is 0.0687. The molecule has 94 valence electrons. The molecule has 1 aromatic carbocycles. The van der Waals surface area contributed by atoms with Gasteiger partial charge in [0.15, 0.2) is 5.76 Å². The van der Waals surface area contributed by atoms with E-state index in [9.17, 15) is 18.7 Å². The zero-order valence-corrected chi connectivity index (χ0v) is 8.93. The maximum Gasteiger partial charge on any atom is 0.339 e. The van der Waals surface area contributed by atoms with Crippen LogP contribution in [0, 0.1) is 11.6 Å². The summed E-state index contributed by atoms with van der Waals surface area (Å²) < 4.78 is 31.0. The molecule has 1 aromatic heterocycles. The van der Waals surface area contributed by atoms with E-state index in [1.54, 1.807) is 0 Å². The number of aliphatic hydroxyl groups excluding tert-OH is 1. The van der Waals surface area contributed by atoms with Gasteiger partial charge in [-0.05, 0) is 12.1 Å². The van der Waals surface area contributed by atoms with Crippen LogP contribution in [0.15, 0.2) is 34.9 Å². The molecule has 1 heterocycles. The second-order valence-electron chi connectivity index (χ2n) is 3.57. The van der Waals surface area contributed by atoms with Gasteiger partial charge in [0.2, 0.25) is 0 Å². The molecule has 0 fully saturated rings. The van der Waals surface area contributed by atoms with E-state index in [1.165, 1.54) is 0 Å². The lowest BCUT2D eigenvalue weighted by Crippen LogP contribution is -2.07. The zero-order valence-electron chi connectivity index (χ0n) is 8.93. The number of carboxylic acids is 1. The van der Waals surface area contributed by atoms with Gasteiger partial charge in [-0.2, -0.15) is 0 Å². The van der Waals surface area contributed by atoms with Crippen LogP contribution in [0.2, 0.25) is 0 Å². The van der Waals surface area contributed by atoms with E-state index in [0.29, 0.717) is 6.07 Å². The maximum absolute atomic E-state index is 13.4. The summed E-state index contributed by atoms with van der Waals surface area (Å²) in [6.45, 7) is 0. The molecule has 2 rings (SSSR count). The minimum atomic E-state index is -1.60. The quantitative estimate of drug-likeness (QED) is 0.881. The number of furan rings is 1. The SMILES string of the molecule is O=C(O)c1ccoc1C(O)c1ccc(F)cc1F. The van der Waals surface area contributed by atoms with Crippen LogP contribution in [-0.4, -0.2) is 16.2 Å². The lowest BCUT2D eigenvalue weighted by Gasteiger charge is -2.10. The summed E-state index contributed by atoms with van der Waals surface area (Å²) in [5, 5.41) is 18.7. The fourth-order valence-electron chi connectivity index (χ4n) is 1.57. The van der Waals surface area contributed by atoms with Gasteiger partial charge in [0, 0.05) is 11.6 Å². The molecule has 6 heteroatoms. The highest BCUT2D eigenvalue weighted by Crippen LogP contribution is 2.28. The van der Waals surface area contributed by atoms with Crippen molar-refractivity contribution in [1.29, 1.82) is 0 Å². The molecule has 0 spiro atoms. The second kappa shape index (κ2) is 4.58. The number of carboxylic acid groups (broad SMARTS) is 1. The summed E-state index contributed by atoms with van der Waals surface area (Å²) in [5.74, 6) is -3.37. The van der Waals surface area contributed by atoms with Crippen LogP contribution in [0.25, 0.3) is 0 Å². The molecule has 4 nitrogen and oxygen atoms in total. The maximum atomic E-state index is 13.4.